The fourth-order valence-electron chi connectivity index (χ4n) is 3.57. The van der Waals surface area contributed by atoms with Gasteiger partial charge in [0, 0.05) is 17.2 Å². The van der Waals surface area contributed by atoms with Crippen LogP contribution in [0.3, 0.4) is 0 Å². The minimum atomic E-state index is -5.08. The number of halogens is 3. The van der Waals surface area contributed by atoms with E-state index in [-0.39, 0.29) is 11.8 Å². The molecule has 1 saturated carbocycles. The molecule has 0 aromatic heterocycles. The third kappa shape index (κ3) is 8.01. The number of hydrogen-bond donors (Lipinski definition) is 2. The van der Waals surface area contributed by atoms with E-state index in [0.717, 1.165) is 11.1 Å². The van der Waals surface area contributed by atoms with E-state index in [2.05, 4.69) is 0 Å². The quantitative estimate of drug-likeness (QED) is 0.531. The SMILES string of the molecule is COc1ccc(/C=C2\CC(N)C/C(=C\c3ccc(OC)c(OC)c3)C2=O)cc1OC.O=C(O)C(F)(F)F. The summed E-state index contributed by atoms with van der Waals surface area (Å²) in [4.78, 5) is 22.0. The molecule has 1 fully saturated rings. The number of benzene rings is 2. The zero-order chi connectivity index (χ0) is 27.8. The van der Waals surface area contributed by atoms with Gasteiger partial charge in [-0.25, -0.2) is 4.79 Å². The molecule has 3 rings (SSSR count). The lowest BCUT2D eigenvalue weighted by Gasteiger charge is -2.23. The van der Waals surface area contributed by atoms with Gasteiger partial charge in [0.15, 0.2) is 28.8 Å². The summed E-state index contributed by atoms with van der Waals surface area (Å²) in [5, 5.41) is 7.12. The van der Waals surface area contributed by atoms with Crippen molar-refractivity contribution in [3.05, 3.63) is 58.7 Å². The van der Waals surface area contributed by atoms with Gasteiger partial charge in [-0.2, -0.15) is 13.2 Å². The van der Waals surface area contributed by atoms with Crippen molar-refractivity contribution in [2.75, 3.05) is 28.4 Å². The number of methoxy groups -OCH3 is 4. The van der Waals surface area contributed by atoms with Crippen molar-refractivity contribution in [1.29, 1.82) is 0 Å². The largest absolute Gasteiger partial charge is 0.493 e. The van der Waals surface area contributed by atoms with Crippen LogP contribution in [-0.2, 0) is 9.59 Å². The lowest BCUT2D eigenvalue weighted by Crippen LogP contribution is -2.30. The minimum Gasteiger partial charge on any atom is -0.493 e. The highest BCUT2D eigenvalue weighted by atomic mass is 19.4. The van der Waals surface area contributed by atoms with E-state index < -0.39 is 12.1 Å². The van der Waals surface area contributed by atoms with Gasteiger partial charge in [-0.15, -0.1) is 0 Å². The normalized spacial score (nSPS) is 17.6. The molecule has 11 heteroatoms. The average molecular weight is 524 g/mol. The molecule has 0 amide bonds. The Labute approximate surface area is 212 Å². The summed E-state index contributed by atoms with van der Waals surface area (Å²) < 4.78 is 53.0. The van der Waals surface area contributed by atoms with Gasteiger partial charge in [0.25, 0.3) is 0 Å². The Kier molecular flexibility index (Phi) is 10.1. The predicted octanol–water partition coefficient (Wildman–Crippen LogP) is 4.51. The molecule has 37 heavy (non-hydrogen) atoms. The Morgan fingerprint density at radius 1 is 0.838 bits per heavy atom. The summed E-state index contributed by atoms with van der Waals surface area (Å²) in [7, 11) is 6.34. The maximum Gasteiger partial charge on any atom is 0.490 e. The molecule has 1 aliphatic carbocycles. The van der Waals surface area contributed by atoms with E-state index in [1.165, 1.54) is 0 Å². The Morgan fingerprint density at radius 3 is 1.49 bits per heavy atom. The van der Waals surface area contributed by atoms with Crippen LogP contribution < -0.4 is 24.7 Å². The van der Waals surface area contributed by atoms with Crippen molar-refractivity contribution >= 4 is 23.9 Å². The summed E-state index contributed by atoms with van der Waals surface area (Å²) >= 11 is 0. The molecule has 2 aromatic carbocycles. The molecule has 3 N–H and O–H groups in total. The number of aliphatic carboxylic acids is 1. The number of carboxylic acids is 1. The van der Waals surface area contributed by atoms with Crippen LogP contribution in [0.2, 0.25) is 0 Å². The van der Waals surface area contributed by atoms with Crippen LogP contribution in [0, 0.1) is 0 Å². The number of hydrogen-bond acceptors (Lipinski definition) is 7. The number of ketones is 1. The summed E-state index contributed by atoms with van der Waals surface area (Å²) in [5.74, 6) is -0.254. The summed E-state index contributed by atoms with van der Waals surface area (Å²) in [5.41, 5.74) is 9.33. The Balaban J connectivity index is 0.000000604. The Bertz CT molecular complexity index is 1110. The highest BCUT2D eigenvalue weighted by molar-refractivity contribution is 6.14. The van der Waals surface area contributed by atoms with Gasteiger partial charge >= 0.3 is 12.1 Å². The van der Waals surface area contributed by atoms with Crippen molar-refractivity contribution in [3.8, 4) is 23.0 Å². The third-order valence-corrected chi connectivity index (χ3v) is 5.29. The molecule has 8 nitrogen and oxygen atoms in total. The van der Waals surface area contributed by atoms with Crippen LogP contribution in [0.5, 0.6) is 23.0 Å². The zero-order valence-electron chi connectivity index (χ0n) is 20.7. The van der Waals surface area contributed by atoms with E-state index in [4.69, 9.17) is 34.6 Å². The number of rotatable bonds is 6. The van der Waals surface area contributed by atoms with Gasteiger partial charge in [-0.3, -0.25) is 4.79 Å². The molecule has 1 aliphatic rings. The molecule has 0 aliphatic heterocycles. The maximum atomic E-state index is 13.1. The standard InChI is InChI=1S/C24H27NO5.C2HF3O2/c1-27-20-7-5-15(11-22(20)29-3)9-17-13-19(25)14-18(24(17)26)10-16-6-8-21(28-2)23(12-16)30-4;3-2(4,5)1(6)7/h5-12,19H,13-14,25H2,1-4H3;(H,6,7)/b17-9+,18-10+;. The molecule has 0 heterocycles. The van der Waals surface area contributed by atoms with E-state index in [9.17, 15) is 18.0 Å². The second-order valence-corrected chi connectivity index (χ2v) is 7.87. The Hall–Kier alpha value is -3.99. The van der Waals surface area contributed by atoms with E-state index in [0.29, 0.717) is 47.0 Å². The molecule has 0 atom stereocenters. The number of ether oxygens (including phenoxy) is 4. The van der Waals surface area contributed by atoms with Crippen LogP contribution in [0.4, 0.5) is 13.2 Å². The van der Waals surface area contributed by atoms with Crippen LogP contribution >= 0.6 is 0 Å². The van der Waals surface area contributed by atoms with E-state index >= 15 is 0 Å². The van der Waals surface area contributed by atoms with Gasteiger partial charge in [0.05, 0.1) is 28.4 Å². The molecule has 200 valence electrons. The summed E-state index contributed by atoms with van der Waals surface area (Å²) in [6.07, 6.45) is -0.301. The van der Waals surface area contributed by atoms with Crippen molar-refractivity contribution in [2.24, 2.45) is 5.73 Å². The third-order valence-electron chi connectivity index (χ3n) is 5.29. The van der Waals surface area contributed by atoms with Gasteiger partial charge in [0.2, 0.25) is 0 Å². The first-order valence-electron chi connectivity index (χ1n) is 10.9. The molecular formula is C26H28F3NO7. The first-order valence-corrected chi connectivity index (χ1v) is 10.9. The second kappa shape index (κ2) is 12.8. The topological polar surface area (TPSA) is 117 Å². The summed E-state index contributed by atoms with van der Waals surface area (Å²) in [6.45, 7) is 0. The molecular weight excluding hydrogens is 495 g/mol. The number of nitrogens with two attached hydrogens (primary N) is 1. The van der Waals surface area contributed by atoms with Gasteiger partial charge in [0.1, 0.15) is 0 Å². The lowest BCUT2D eigenvalue weighted by molar-refractivity contribution is -0.192. The first-order chi connectivity index (χ1) is 17.4. The Morgan fingerprint density at radius 2 is 1.19 bits per heavy atom. The van der Waals surface area contributed by atoms with Crippen molar-refractivity contribution in [1.82, 2.24) is 0 Å². The fraction of sp³-hybridized carbons (Fsp3) is 0.308. The van der Waals surface area contributed by atoms with Crippen molar-refractivity contribution in [2.45, 2.75) is 25.1 Å². The second-order valence-electron chi connectivity index (χ2n) is 7.87. The summed E-state index contributed by atoms with van der Waals surface area (Å²) in [6, 6.07) is 11.0. The molecule has 0 bridgehead atoms. The van der Waals surface area contributed by atoms with E-state index in [1.54, 1.807) is 28.4 Å². The lowest BCUT2D eigenvalue weighted by atomic mass is 9.84. The smallest absolute Gasteiger partial charge is 0.490 e. The number of carbonyl (C=O) groups excluding carboxylic acids is 1. The van der Waals surface area contributed by atoms with Gasteiger partial charge in [-0.1, -0.05) is 12.1 Å². The van der Waals surface area contributed by atoms with E-state index in [1.807, 2.05) is 48.6 Å². The van der Waals surface area contributed by atoms with Crippen LogP contribution in [-0.4, -0.2) is 57.5 Å². The van der Waals surface area contributed by atoms with Crippen molar-refractivity contribution in [3.63, 3.8) is 0 Å². The van der Waals surface area contributed by atoms with Crippen LogP contribution in [0.1, 0.15) is 24.0 Å². The maximum absolute atomic E-state index is 13.1. The monoisotopic (exact) mass is 523 g/mol. The zero-order valence-corrected chi connectivity index (χ0v) is 20.7. The van der Waals surface area contributed by atoms with Gasteiger partial charge < -0.3 is 29.8 Å². The number of alkyl halides is 3. The molecule has 2 aromatic rings. The fourth-order valence-corrected chi connectivity index (χ4v) is 3.57. The molecule has 0 unspecified atom stereocenters. The minimum absolute atomic E-state index is 0.00118. The number of carboxylic acid groups (broad SMARTS) is 1. The highest BCUT2D eigenvalue weighted by Crippen LogP contribution is 2.33. The van der Waals surface area contributed by atoms with Crippen molar-refractivity contribution < 1.29 is 46.8 Å². The average Bonchev–Trinajstić information content (AvgIpc) is 2.86. The molecule has 0 saturated heterocycles. The van der Waals surface area contributed by atoms with Crippen LogP contribution in [0.15, 0.2) is 47.5 Å². The van der Waals surface area contributed by atoms with Gasteiger partial charge in [-0.05, 0) is 60.4 Å². The predicted molar refractivity (Wildman–Crippen MR) is 131 cm³/mol. The molecule has 0 radical (unpaired) electrons. The first kappa shape index (κ1) is 29.2. The molecule has 0 spiro atoms. The number of Topliss-reactive ketones (excluding diaryl/α,β-unsaturated/α-hetero) is 1. The van der Waals surface area contributed by atoms with Crippen LogP contribution in [0.25, 0.3) is 12.2 Å². The highest BCUT2D eigenvalue weighted by Gasteiger charge is 2.38. The number of carbonyl (C=O) groups is 2.